The van der Waals surface area contributed by atoms with Gasteiger partial charge in [0.2, 0.25) is 0 Å². The largest absolute Gasteiger partial charge is 0.439 e. The third kappa shape index (κ3) is 7.15. The van der Waals surface area contributed by atoms with Crippen LogP contribution >= 0.6 is 0 Å². The molecule has 1 nitrogen and oxygen atoms in total. The van der Waals surface area contributed by atoms with Crippen molar-refractivity contribution in [2.75, 3.05) is 0 Å². The zero-order chi connectivity index (χ0) is 24.1. The summed E-state index contributed by atoms with van der Waals surface area (Å²) >= 11 is 0. The Labute approximate surface area is 191 Å². The molecule has 1 aliphatic carbocycles. The number of rotatable bonds is 9. The maximum Gasteiger partial charge on any atom is 0.439 e. The Kier molecular flexibility index (Phi) is 8.35. The van der Waals surface area contributed by atoms with E-state index in [0.29, 0.717) is 5.56 Å². The van der Waals surface area contributed by atoms with Gasteiger partial charge in [0, 0.05) is 0 Å². The Balaban J connectivity index is 1.52. The molecule has 1 fully saturated rings. The molecule has 7 heteroatoms. The Morgan fingerprint density at radius 3 is 1.76 bits per heavy atom. The molecule has 1 aliphatic rings. The Morgan fingerprint density at radius 2 is 1.27 bits per heavy atom. The zero-order valence-electron chi connectivity index (χ0n) is 18.7. The van der Waals surface area contributed by atoms with Crippen LogP contribution in [-0.2, 0) is 6.42 Å². The smallest absolute Gasteiger partial charge is 0.430 e. The van der Waals surface area contributed by atoms with E-state index in [1.807, 2.05) is 24.3 Å². The molecule has 0 bridgehead atoms. The van der Waals surface area contributed by atoms with E-state index in [-0.39, 0.29) is 0 Å². The quantitative estimate of drug-likeness (QED) is 0.332. The second kappa shape index (κ2) is 10.8. The summed E-state index contributed by atoms with van der Waals surface area (Å²) in [7, 11) is 0. The molecule has 0 aliphatic heterocycles. The van der Waals surface area contributed by atoms with Gasteiger partial charge in [-0.2, -0.15) is 22.0 Å². The normalized spacial score (nSPS) is 20.5. The second-order valence-electron chi connectivity index (χ2n) is 9.00. The number of benzene rings is 2. The first-order valence-corrected chi connectivity index (χ1v) is 11.6. The lowest BCUT2D eigenvalue weighted by molar-refractivity contribution is -0.304. The van der Waals surface area contributed by atoms with Gasteiger partial charge in [0.15, 0.2) is 0 Å². The summed E-state index contributed by atoms with van der Waals surface area (Å²) in [5, 5.41) is 0. The minimum atomic E-state index is -5.71. The number of ether oxygens (including phenoxy) is 1. The third-order valence-electron chi connectivity index (χ3n) is 6.48. The van der Waals surface area contributed by atoms with E-state index in [9.17, 15) is 26.3 Å². The molecule has 0 amide bonds. The van der Waals surface area contributed by atoms with Crippen molar-refractivity contribution in [2.24, 2.45) is 11.8 Å². The number of hydrogen-bond donors (Lipinski definition) is 0. The Hall–Kier alpha value is -2.18. The van der Waals surface area contributed by atoms with E-state index < -0.39 is 24.2 Å². The van der Waals surface area contributed by atoms with E-state index in [1.165, 1.54) is 62.6 Å². The molecule has 0 radical (unpaired) electrons. The molecular weight excluding hydrogens is 442 g/mol. The Morgan fingerprint density at radius 1 is 0.788 bits per heavy atom. The van der Waals surface area contributed by atoms with Gasteiger partial charge in [-0.05, 0) is 53.5 Å². The van der Waals surface area contributed by atoms with Crippen molar-refractivity contribution in [1.29, 1.82) is 0 Å². The van der Waals surface area contributed by atoms with Gasteiger partial charge in [-0.15, -0.1) is 0 Å². The van der Waals surface area contributed by atoms with E-state index in [0.717, 1.165) is 36.0 Å². The number of hydrogen-bond acceptors (Lipinski definition) is 1. The summed E-state index contributed by atoms with van der Waals surface area (Å²) in [6.45, 7) is 2.25. The average Bonchev–Trinajstić information content (AvgIpc) is 2.78. The molecule has 0 spiro atoms. The van der Waals surface area contributed by atoms with Crippen LogP contribution in [0.1, 0.15) is 57.4 Å². The van der Waals surface area contributed by atoms with Gasteiger partial charge in [-0.25, -0.2) is 4.39 Å². The molecule has 2 aromatic rings. The summed E-state index contributed by atoms with van der Waals surface area (Å²) < 4.78 is 80.5. The molecule has 33 heavy (non-hydrogen) atoms. The molecule has 1 unspecified atom stereocenters. The first-order chi connectivity index (χ1) is 15.6. The molecule has 0 aromatic heterocycles. The maximum absolute atomic E-state index is 13.4. The third-order valence-corrected chi connectivity index (χ3v) is 6.48. The summed E-state index contributed by atoms with van der Waals surface area (Å²) in [5.74, 6) is 1.14. The van der Waals surface area contributed by atoms with Crippen LogP contribution in [-0.4, -0.2) is 18.5 Å². The SMILES string of the molecule is CCCC1CCC(CCc2ccc(-c3ccc(OC(F)(F)C(F)C(F)(F)F)cc3)cc2)CC1. The highest BCUT2D eigenvalue weighted by molar-refractivity contribution is 5.64. The van der Waals surface area contributed by atoms with Crippen LogP contribution in [0.2, 0.25) is 0 Å². The number of alkyl halides is 6. The van der Waals surface area contributed by atoms with Crippen molar-refractivity contribution >= 4 is 0 Å². The van der Waals surface area contributed by atoms with Crippen LogP contribution in [0.4, 0.5) is 26.3 Å². The highest BCUT2D eigenvalue weighted by Crippen LogP contribution is 2.37. The second-order valence-corrected chi connectivity index (χ2v) is 9.00. The molecule has 3 rings (SSSR count). The van der Waals surface area contributed by atoms with Gasteiger partial charge in [0.05, 0.1) is 0 Å². The first-order valence-electron chi connectivity index (χ1n) is 11.6. The first kappa shape index (κ1) is 25.4. The molecule has 1 atom stereocenters. The minimum Gasteiger partial charge on any atom is -0.430 e. The van der Waals surface area contributed by atoms with Gasteiger partial charge >= 0.3 is 12.3 Å². The summed E-state index contributed by atoms with van der Waals surface area (Å²) in [6.07, 6.45) is -5.03. The van der Waals surface area contributed by atoms with E-state index in [1.54, 1.807) is 0 Å². The lowest BCUT2D eigenvalue weighted by Gasteiger charge is -2.28. The highest BCUT2D eigenvalue weighted by atomic mass is 19.4. The number of halogens is 6. The highest BCUT2D eigenvalue weighted by Gasteiger charge is 2.59. The predicted molar refractivity (Wildman–Crippen MR) is 117 cm³/mol. The lowest BCUT2D eigenvalue weighted by atomic mass is 9.78. The topological polar surface area (TPSA) is 9.23 Å². The zero-order valence-corrected chi connectivity index (χ0v) is 18.7. The summed E-state index contributed by atoms with van der Waals surface area (Å²) in [5.41, 5.74) is 2.77. The molecule has 0 heterocycles. The predicted octanol–water partition coefficient (Wildman–Crippen LogP) is 8.76. The monoisotopic (exact) mass is 472 g/mol. The van der Waals surface area contributed by atoms with Crippen LogP contribution in [0.25, 0.3) is 11.1 Å². The van der Waals surface area contributed by atoms with Gasteiger partial charge in [-0.3, -0.25) is 0 Å². The fourth-order valence-corrected chi connectivity index (χ4v) is 4.57. The van der Waals surface area contributed by atoms with Crippen LogP contribution < -0.4 is 4.74 Å². The standard InChI is InChI=1S/C26H30F6O/c1-2-3-18-4-6-19(7-5-18)8-9-20-10-12-21(13-11-20)22-14-16-23(17-15-22)33-26(31,32)24(27)25(28,29)30/h10-19,24H,2-9H2,1H3. The van der Waals surface area contributed by atoms with Crippen LogP contribution in [0.15, 0.2) is 48.5 Å². The fraction of sp³-hybridized carbons (Fsp3) is 0.538. The van der Waals surface area contributed by atoms with E-state index >= 15 is 0 Å². The number of aryl methyl sites for hydroxylation is 1. The van der Waals surface area contributed by atoms with E-state index in [4.69, 9.17) is 0 Å². The van der Waals surface area contributed by atoms with Crippen LogP contribution in [0.3, 0.4) is 0 Å². The van der Waals surface area contributed by atoms with Gasteiger partial charge in [-0.1, -0.05) is 81.8 Å². The average molecular weight is 473 g/mol. The molecule has 0 saturated heterocycles. The molecule has 0 N–H and O–H groups in total. The fourth-order valence-electron chi connectivity index (χ4n) is 4.57. The van der Waals surface area contributed by atoms with Crippen LogP contribution in [0, 0.1) is 11.8 Å². The lowest BCUT2D eigenvalue weighted by Crippen LogP contribution is -2.45. The van der Waals surface area contributed by atoms with Gasteiger partial charge in [0.25, 0.3) is 6.17 Å². The van der Waals surface area contributed by atoms with Crippen molar-refractivity contribution in [2.45, 2.75) is 76.7 Å². The molecule has 182 valence electrons. The molecule has 2 aromatic carbocycles. The van der Waals surface area contributed by atoms with Crippen LogP contribution in [0.5, 0.6) is 5.75 Å². The van der Waals surface area contributed by atoms with Gasteiger partial charge in [0.1, 0.15) is 5.75 Å². The van der Waals surface area contributed by atoms with Crippen molar-refractivity contribution in [3.05, 3.63) is 54.1 Å². The minimum absolute atomic E-state index is 0.541. The molecular formula is C26H30F6O. The van der Waals surface area contributed by atoms with Crippen molar-refractivity contribution in [3.8, 4) is 16.9 Å². The Bertz CT molecular complexity index is 852. The van der Waals surface area contributed by atoms with Crippen molar-refractivity contribution in [3.63, 3.8) is 0 Å². The van der Waals surface area contributed by atoms with Crippen molar-refractivity contribution in [1.82, 2.24) is 0 Å². The van der Waals surface area contributed by atoms with Crippen molar-refractivity contribution < 1.29 is 31.1 Å². The maximum atomic E-state index is 13.4. The summed E-state index contributed by atoms with van der Waals surface area (Å²) in [6, 6.07) is 13.1. The van der Waals surface area contributed by atoms with Gasteiger partial charge < -0.3 is 4.74 Å². The summed E-state index contributed by atoms with van der Waals surface area (Å²) in [4.78, 5) is 0. The van der Waals surface area contributed by atoms with E-state index in [2.05, 4.69) is 11.7 Å². The molecule has 1 saturated carbocycles.